The zero-order valence-corrected chi connectivity index (χ0v) is 19.5. The molecule has 2 aromatic carbocycles. The molecule has 1 aromatic heterocycles. The maximum absolute atomic E-state index is 13.7. The number of rotatable bonds is 6. The first-order valence-corrected chi connectivity index (χ1v) is 11.5. The number of methoxy groups -OCH3 is 1. The van der Waals surface area contributed by atoms with Gasteiger partial charge in [0.1, 0.15) is 17.3 Å². The number of ether oxygens (including phenoxy) is 1. The second-order valence-electron chi connectivity index (χ2n) is 9.41. The molecule has 0 saturated carbocycles. The molecule has 7 heteroatoms. The van der Waals surface area contributed by atoms with Crippen LogP contribution in [0.4, 0.5) is 4.79 Å². The van der Waals surface area contributed by atoms with E-state index >= 15 is 0 Å². The van der Waals surface area contributed by atoms with Gasteiger partial charge in [-0.1, -0.05) is 44.2 Å². The topological polar surface area (TPSA) is 77.7 Å². The van der Waals surface area contributed by atoms with Crippen molar-refractivity contribution in [2.24, 2.45) is 0 Å². The van der Waals surface area contributed by atoms with E-state index in [2.05, 4.69) is 24.1 Å². The van der Waals surface area contributed by atoms with Crippen molar-refractivity contribution in [2.75, 3.05) is 20.2 Å². The number of benzene rings is 2. The second kappa shape index (κ2) is 7.92. The van der Waals surface area contributed by atoms with Crippen molar-refractivity contribution in [3.8, 4) is 5.75 Å². The van der Waals surface area contributed by atoms with E-state index in [4.69, 9.17) is 4.74 Å². The van der Waals surface area contributed by atoms with Gasteiger partial charge in [0.05, 0.1) is 7.11 Å². The van der Waals surface area contributed by atoms with Crippen LogP contribution in [-0.4, -0.2) is 58.5 Å². The molecule has 2 unspecified atom stereocenters. The highest BCUT2D eigenvalue weighted by molar-refractivity contribution is 6.08. The number of hydrogen-bond acceptors (Lipinski definition) is 4. The number of H-pyrrole nitrogens is 1. The van der Waals surface area contributed by atoms with Gasteiger partial charge in [-0.3, -0.25) is 14.6 Å². The molecule has 0 spiro atoms. The van der Waals surface area contributed by atoms with Crippen molar-refractivity contribution in [3.05, 3.63) is 65.4 Å². The zero-order valence-electron chi connectivity index (χ0n) is 19.5. The molecule has 2 aliphatic heterocycles. The van der Waals surface area contributed by atoms with Gasteiger partial charge in [0.15, 0.2) is 0 Å². The smallest absolute Gasteiger partial charge is 0.328 e. The normalized spacial score (nSPS) is 22.3. The third-order valence-corrected chi connectivity index (χ3v) is 6.88. The average Bonchev–Trinajstić information content (AvgIpc) is 3.25. The Labute approximate surface area is 193 Å². The lowest BCUT2D eigenvalue weighted by Crippen LogP contribution is -2.53. The largest absolute Gasteiger partial charge is 0.497 e. The molecule has 33 heavy (non-hydrogen) atoms. The number of aromatic amines is 1. The monoisotopic (exact) mass is 446 g/mol. The van der Waals surface area contributed by atoms with E-state index in [0.717, 1.165) is 33.5 Å². The Morgan fingerprint density at radius 1 is 1.18 bits per heavy atom. The average molecular weight is 447 g/mol. The second-order valence-corrected chi connectivity index (χ2v) is 9.41. The molecule has 5 rings (SSSR count). The van der Waals surface area contributed by atoms with Gasteiger partial charge in [0.2, 0.25) is 0 Å². The van der Waals surface area contributed by atoms with Crippen LogP contribution in [0, 0.1) is 0 Å². The first-order valence-electron chi connectivity index (χ1n) is 11.5. The number of carbonyl (C=O) groups excluding carboxylic acids is 2. The van der Waals surface area contributed by atoms with Crippen LogP contribution in [0.1, 0.15) is 43.6 Å². The van der Waals surface area contributed by atoms with Gasteiger partial charge < -0.3 is 15.0 Å². The number of carbonyl (C=O) groups is 2. The number of fused-ring (bicyclic) bond motifs is 4. The van der Waals surface area contributed by atoms with Crippen LogP contribution >= 0.6 is 0 Å². The Balaban J connectivity index is 1.65. The van der Waals surface area contributed by atoms with E-state index in [1.807, 2.05) is 55.5 Å². The third-order valence-electron chi connectivity index (χ3n) is 6.88. The minimum Gasteiger partial charge on any atom is -0.497 e. The molecule has 7 nitrogen and oxygen atoms in total. The number of hydrogen-bond donors (Lipinski definition) is 2. The number of imide groups is 1. The lowest BCUT2D eigenvalue weighted by Gasteiger charge is -2.42. The summed E-state index contributed by atoms with van der Waals surface area (Å²) in [6.45, 7) is 6.93. The summed E-state index contributed by atoms with van der Waals surface area (Å²) >= 11 is 0. The van der Waals surface area contributed by atoms with Crippen LogP contribution in [-0.2, 0) is 11.2 Å². The molecule has 172 valence electrons. The van der Waals surface area contributed by atoms with Gasteiger partial charge in [-0.15, -0.1) is 0 Å². The van der Waals surface area contributed by atoms with Crippen molar-refractivity contribution >= 4 is 22.8 Å². The third kappa shape index (κ3) is 3.30. The maximum atomic E-state index is 13.7. The summed E-state index contributed by atoms with van der Waals surface area (Å²) in [5.74, 6) is 0.630. The molecule has 2 aliphatic rings. The predicted molar refractivity (Wildman–Crippen MR) is 127 cm³/mol. The SMILES string of the molecule is COc1ccc2[nH]c3c(c2c1)CC1(C)C(=O)N(CCNC(C)C)C(=O)N1C3c1ccccc1. The minimum absolute atomic E-state index is 0.137. The molecule has 2 N–H and O–H groups in total. The Morgan fingerprint density at radius 2 is 1.94 bits per heavy atom. The number of amides is 3. The molecular formula is C26H30N4O3. The van der Waals surface area contributed by atoms with Crippen molar-refractivity contribution in [3.63, 3.8) is 0 Å². The Kier molecular flexibility index (Phi) is 5.16. The fourth-order valence-corrected chi connectivity index (χ4v) is 5.26. The molecule has 0 bridgehead atoms. The standard InChI is InChI=1S/C26H30N4O3/c1-16(2)27-12-13-29-24(31)26(3)15-20-19-14-18(33-4)10-11-21(19)28-22(20)23(30(26)25(29)32)17-8-6-5-7-9-17/h5-11,14,16,23,27-28H,12-13,15H2,1-4H3. The number of nitrogens with zero attached hydrogens (tertiary/aromatic N) is 2. The minimum atomic E-state index is -0.958. The molecular weight excluding hydrogens is 416 g/mol. The number of aromatic nitrogens is 1. The quantitative estimate of drug-likeness (QED) is 0.564. The summed E-state index contributed by atoms with van der Waals surface area (Å²) in [4.78, 5) is 34.2. The van der Waals surface area contributed by atoms with Crippen molar-refractivity contribution in [2.45, 2.75) is 44.8 Å². The van der Waals surface area contributed by atoms with Crippen LogP contribution in [0.25, 0.3) is 10.9 Å². The van der Waals surface area contributed by atoms with E-state index in [9.17, 15) is 9.59 Å². The summed E-state index contributed by atoms with van der Waals surface area (Å²) in [6.07, 6.45) is 0.456. The predicted octanol–water partition coefficient (Wildman–Crippen LogP) is 3.84. The van der Waals surface area contributed by atoms with Gasteiger partial charge in [-0.05, 0) is 36.2 Å². The molecule has 1 fully saturated rings. The first kappa shape index (κ1) is 21.5. The van der Waals surface area contributed by atoms with Crippen LogP contribution in [0.15, 0.2) is 48.5 Å². The highest BCUT2D eigenvalue weighted by Gasteiger charge is 2.59. The molecule has 0 radical (unpaired) electrons. The molecule has 3 heterocycles. The Morgan fingerprint density at radius 3 is 2.64 bits per heavy atom. The first-order chi connectivity index (χ1) is 15.8. The molecule has 1 saturated heterocycles. The summed E-state index contributed by atoms with van der Waals surface area (Å²) < 4.78 is 5.46. The summed E-state index contributed by atoms with van der Waals surface area (Å²) in [5.41, 5.74) is 3.03. The van der Waals surface area contributed by atoms with Gasteiger partial charge in [-0.2, -0.15) is 0 Å². The lowest BCUT2D eigenvalue weighted by atomic mass is 9.81. The van der Waals surface area contributed by atoms with Crippen LogP contribution in [0.2, 0.25) is 0 Å². The van der Waals surface area contributed by atoms with E-state index in [1.54, 1.807) is 12.0 Å². The van der Waals surface area contributed by atoms with Crippen LogP contribution in [0.5, 0.6) is 5.75 Å². The number of urea groups is 1. The summed E-state index contributed by atoms with van der Waals surface area (Å²) in [5, 5.41) is 4.35. The van der Waals surface area contributed by atoms with Crippen molar-refractivity contribution < 1.29 is 14.3 Å². The zero-order chi connectivity index (χ0) is 23.3. The Hall–Kier alpha value is -3.32. The highest BCUT2D eigenvalue weighted by atomic mass is 16.5. The van der Waals surface area contributed by atoms with E-state index < -0.39 is 5.54 Å². The van der Waals surface area contributed by atoms with E-state index in [0.29, 0.717) is 19.5 Å². The van der Waals surface area contributed by atoms with Crippen LogP contribution in [0.3, 0.4) is 0 Å². The van der Waals surface area contributed by atoms with Gasteiger partial charge >= 0.3 is 6.03 Å². The fourth-order valence-electron chi connectivity index (χ4n) is 5.26. The summed E-state index contributed by atoms with van der Waals surface area (Å²) in [6, 6.07) is 15.6. The highest BCUT2D eigenvalue weighted by Crippen LogP contribution is 2.48. The van der Waals surface area contributed by atoms with Gasteiger partial charge in [0.25, 0.3) is 5.91 Å². The maximum Gasteiger partial charge on any atom is 0.328 e. The van der Waals surface area contributed by atoms with Crippen molar-refractivity contribution in [1.29, 1.82) is 0 Å². The van der Waals surface area contributed by atoms with Gasteiger partial charge in [-0.25, -0.2) is 4.79 Å². The molecule has 3 amide bonds. The van der Waals surface area contributed by atoms with E-state index in [-0.39, 0.29) is 24.0 Å². The molecule has 0 aliphatic carbocycles. The van der Waals surface area contributed by atoms with E-state index in [1.165, 1.54) is 4.90 Å². The van der Waals surface area contributed by atoms with Crippen molar-refractivity contribution in [1.82, 2.24) is 20.1 Å². The summed E-state index contributed by atoms with van der Waals surface area (Å²) in [7, 11) is 1.65. The fraction of sp³-hybridized carbons (Fsp3) is 0.385. The Bertz CT molecular complexity index is 1220. The lowest BCUT2D eigenvalue weighted by molar-refractivity contribution is -0.133. The molecule has 2 atom stereocenters. The van der Waals surface area contributed by atoms with Crippen LogP contribution < -0.4 is 10.1 Å². The van der Waals surface area contributed by atoms with Gasteiger partial charge in [0, 0.05) is 42.1 Å². The molecule has 3 aromatic rings. The number of nitrogens with one attached hydrogen (secondary N) is 2.